The largest absolute Gasteiger partial charge is 0.492 e. The monoisotopic (exact) mass is 453 g/mol. The summed E-state index contributed by atoms with van der Waals surface area (Å²) in [4.78, 5) is 10.4. The van der Waals surface area contributed by atoms with Crippen LogP contribution in [-0.4, -0.2) is 31.8 Å². The van der Waals surface area contributed by atoms with E-state index in [1.165, 1.54) is 18.6 Å². The van der Waals surface area contributed by atoms with E-state index in [4.69, 9.17) is 9.47 Å². The molecule has 1 aliphatic heterocycles. The maximum absolute atomic E-state index is 12.5. The highest BCUT2D eigenvalue weighted by atomic mass is 19.4. The number of hydrogen-bond acceptors (Lipinski definition) is 5. The second kappa shape index (κ2) is 13.0. The maximum atomic E-state index is 12.5. The molecule has 1 N–H and O–H groups in total. The molecule has 0 amide bonds. The smallest absolute Gasteiger partial charge is 0.416 e. The number of halogens is 3. The Balaban J connectivity index is 0.000000390. The Bertz CT molecular complexity index is 793. The third-order valence-corrected chi connectivity index (χ3v) is 4.61. The molecular weight excluding hydrogens is 423 g/mol. The van der Waals surface area contributed by atoms with E-state index in [2.05, 4.69) is 10.1 Å². The normalized spacial score (nSPS) is 15.5. The zero-order chi connectivity index (χ0) is 23.4. The molecule has 0 bridgehead atoms. The zero-order valence-corrected chi connectivity index (χ0v) is 18.4. The van der Waals surface area contributed by atoms with Crippen molar-refractivity contribution in [1.82, 2.24) is 5.32 Å². The highest BCUT2D eigenvalue weighted by Gasteiger charge is 2.30. The van der Waals surface area contributed by atoms with Gasteiger partial charge in [0.2, 0.25) is 0 Å². The van der Waals surface area contributed by atoms with E-state index in [1.54, 1.807) is 24.3 Å². The van der Waals surface area contributed by atoms with Gasteiger partial charge < -0.3 is 19.5 Å². The van der Waals surface area contributed by atoms with Crippen LogP contribution in [-0.2, 0) is 15.7 Å². The Morgan fingerprint density at radius 3 is 2.09 bits per heavy atom. The second-order valence-electron chi connectivity index (χ2n) is 7.25. The van der Waals surface area contributed by atoms with Crippen molar-refractivity contribution in [3.8, 4) is 17.2 Å². The molecule has 0 unspecified atom stereocenters. The molecule has 1 aliphatic rings. The molecule has 32 heavy (non-hydrogen) atoms. The van der Waals surface area contributed by atoms with Gasteiger partial charge in [0.15, 0.2) is 0 Å². The van der Waals surface area contributed by atoms with Gasteiger partial charge in [-0.15, -0.1) is 0 Å². The van der Waals surface area contributed by atoms with Crippen molar-refractivity contribution in [3.63, 3.8) is 0 Å². The number of rotatable bonds is 8. The van der Waals surface area contributed by atoms with Gasteiger partial charge in [-0.25, -0.2) is 0 Å². The summed E-state index contributed by atoms with van der Waals surface area (Å²) in [7, 11) is 0. The lowest BCUT2D eigenvalue weighted by molar-refractivity contribution is -0.143. The van der Waals surface area contributed by atoms with E-state index >= 15 is 0 Å². The number of hydrogen-bond donors (Lipinski definition) is 1. The lowest BCUT2D eigenvalue weighted by Crippen LogP contribution is -2.28. The number of alkyl halides is 3. The van der Waals surface area contributed by atoms with Gasteiger partial charge in [-0.2, -0.15) is 13.2 Å². The Hall–Kier alpha value is -2.74. The van der Waals surface area contributed by atoms with Crippen molar-refractivity contribution >= 4 is 5.97 Å². The number of nitrogens with one attached hydrogen (secondary N) is 1. The van der Waals surface area contributed by atoms with Gasteiger partial charge in [0, 0.05) is 12.5 Å². The van der Waals surface area contributed by atoms with E-state index in [9.17, 15) is 18.0 Å². The van der Waals surface area contributed by atoms with Crippen LogP contribution in [0.15, 0.2) is 48.5 Å². The van der Waals surface area contributed by atoms with Crippen LogP contribution < -0.4 is 14.8 Å². The van der Waals surface area contributed by atoms with Crippen molar-refractivity contribution in [2.24, 2.45) is 0 Å². The highest BCUT2D eigenvalue weighted by Crippen LogP contribution is 2.31. The molecule has 1 heterocycles. The van der Waals surface area contributed by atoms with Crippen molar-refractivity contribution < 1.29 is 32.2 Å². The summed E-state index contributed by atoms with van der Waals surface area (Å²) in [6, 6.07) is 12.0. The van der Waals surface area contributed by atoms with Crippen LogP contribution in [0.5, 0.6) is 17.2 Å². The lowest BCUT2D eigenvalue weighted by Gasteiger charge is -2.13. The van der Waals surface area contributed by atoms with E-state index in [0.717, 1.165) is 37.3 Å². The first-order chi connectivity index (χ1) is 15.3. The van der Waals surface area contributed by atoms with Gasteiger partial charge >= 0.3 is 12.1 Å². The molecule has 0 radical (unpaired) electrons. The molecule has 0 aliphatic carbocycles. The topological polar surface area (TPSA) is 56.8 Å². The van der Waals surface area contributed by atoms with Crippen molar-refractivity contribution in [2.75, 3.05) is 19.8 Å². The summed E-state index contributed by atoms with van der Waals surface area (Å²) in [6.07, 6.45) is -0.624. The Labute approximate surface area is 186 Å². The number of benzene rings is 2. The van der Waals surface area contributed by atoms with Crippen LogP contribution in [0.2, 0.25) is 0 Å². The molecule has 3 rings (SSSR count). The van der Waals surface area contributed by atoms with Gasteiger partial charge in [-0.1, -0.05) is 6.92 Å². The quantitative estimate of drug-likeness (QED) is 0.499. The van der Waals surface area contributed by atoms with Crippen LogP contribution in [0.25, 0.3) is 0 Å². The summed E-state index contributed by atoms with van der Waals surface area (Å²) in [6.45, 7) is 5.93. The van der Waals surface area contributed by atoms with Crippen LogP contribution in [0.4, 0.5) is 13.2 Å². The summed E-state index contributed by atoms with van der Waals surface area (Å²) in [5.41, 5.74) is -0.695. The molecule has 5 nitrogen and oxygen atoms in total. The maximum Gasteiger partial charge on any atom is 0.416 e. The van der Waals surface area contributed by atoms with Crippen LogP contribution in [0, 0.1) is 0 Å². The van der Waals surface area contributed by atoms with Crippen LogP contribution in [0.3, 0.4) is 0 Å². The van der Waals surface area contributed by atoms with E-state index in [0.29, 0.717) is 37.2 Å². The molecule has 0 saturated carbocycles. The fourth-order valence-electron chi connectivity index (χ4n) is 2.99. The third kappa shape index (κ3) is 9.18. The minimum Gasteiger partial charge on any atom is -0.492 e. The van der Waals surface area contributed by atoms with E-state index in [-0.39, 0.29) is 5.97 Å². The van der Waals surface area contributed by atoms with Crippen LogP contribution in [0.1, 0.15) is 45.1 Å². The average molecular weight is 454 g/mol. The molecule has 0 spiro atoms. The molecular formula is C24H30F3NO4. The molecule has 1 fully saturated rings. The second-order valence-corrected chi connectivity index (χ2v) is 7.25. The van der Waals surface area contributed by atoms with Gasteiger partial charge in [-0.05, 0) is 81.3 Å². The minimum absolute atomic E-state index is 0.0880. The number of carbonyl (C=O) groups excluding carboxylic acids is 1. The molecule has 1 saturated heterocycles. The first-order valence-corrected chi connectivity index (χ1v) is 10.8. The zero-order valence-electron chi connectivity index (χ0n) is 18.4. The van der Waals surface area contributed by atoms with Crippen molar-refractivity contribution in [3.05, 3.63) is 54.1 Å². The van der Waals surface area contributed by atoms with Crippen molar-refractivity contribution in [2.45, 2.75) is 51.7 Å². The predicted octanol–water partition coefficient (Wildman–Crippen LogP) is 5.98. The van der Waals surface area contributed by atoms with Crippen LogP contribution >= 0.6 is 0 Å². The first-order valence-electron chi connectivity index (χ1n) is 10.8. The molecule has 2 aromatic carbocycles. The Morgan fingerprint density at radius 1 is 1.00 bits per heavy atom. The Morgan fingerprint density at radius 2 is 1.59 bits per heavy atom. The molecule has 0 aromatic heterocycles. The average Bonchev–Trinajstić information content (AvgIpc) is 3.28. The van der Waals surface area contributed by atoms with Gasteiger partial charge in [0.1, 0.15) is 23.9 Å². The third-order valence-electron chi connectivity index (χ3n) is 4.61. The summed E-state index contributed by atoms with van der Waals surface area (Å²) < 4.78 is 53.4. The summed E-state index contributed by atoms with van der Waals surface area (Å²) in [5.74, 6) is 1.55. The van der Waals surface area contributed by atoms with Gasteiger partial charge in [0.05, 0.1) is 12.2 Å². The van der Waals surface area contributed by atoms with E-state index < -0.39 is 11.7 Å². The SMILES string of the molecule is CCCC(=O)OCC.FC(F)(F)c1ccc(Oc2ccc(OC[C@@H]3CCCN3)cc2)cc1. The van der Waals surface area contributed by atoms with Gasteiger partial charge in [0.25, 0.3) is 0 Å². The number of carbonyl (C=O) groups is 1. The molecule has 1 atom stereocenters. The predicted molar refractivity (Wildman–Crippen MR) is 116 cm³/mol. The highest BCUT2D eigenvalue weighted by molar-refractivity contribution is 5.69. The fourth-order valence-corrected chi connectivity index (χ4v) is 2.99. The van der Waals surface area contributed by atoms with Crippen molar-refractivity contribution in [1.29, 1.82) is 0 Å². The Kier molecular flexibility index (Phi) is 10.3. The minimum atomic E-state index is -4.34. The summed E-state index contributed by atoms with van der Waals surface area (Å²) >= 11 is 0. The van der Waals surface area contributed by atoms with E-state index in [1.807, 2.05) is 13.8 Å². The molecule has 176 valence electrons. The number of ether oxygens (including phenoxy) is 3. The fraction of sp³-hybridized carbons (Fsp3) is 0.458. The molecule has 8 heteroatoms. The lowest BCUT2D eigenvalue weighted by atomic mass is 10.2. The first kappa shape index (κ1) is 25.5. The molecule has 2 aromatic rings. The number of esters is 1. The standard InChI is InChI=1S/C18H18F3NO2.C6H12O2/c19-18(20,21)13-3-5-16(6-4-13)24-17-9-7-15(8-10-17)23-12-14-2-1-11-22-14;1-3-5-6(7)8-4-2/h3-10,14,22H,1-2,11-12H2;3-5H2,1-2H3/t14-;/m0./s1. The van der Waals surface area contributed by atoms with Gasteiger partial charge in [-0.3, -0.25) is 4.79 Å². The summed E-state index contributed by atoms with van der Waals surface area (Å²) in [5, 5.41) is 3.36.